The Kier molecular flexibility index (Phi) is 12.8. The predicted octanol–water partition coefficient (Wildman–Crippen LogP) is 1.92. The van der Waals surface area contributed by atoms with Gasteiger partial charge in [0.15, 0.2) is 0 Å². The molecule has 1 heterocycles. The van der Waals surface area contributed by atoms with Gasteiger partial charge in [0.05, 0.1) is 17.7 Å². The van der Waals surface area contributed by atoms with Crippen molar-refractivity contribution in [2.24, 2.45) is 0 Å². The molecule has 1 aliphatic heterocycles. The molecule has 0 radical (unpaired) electrons. The van der Waals surface area contributed by atoms with Crippen molar-refractivity contribution in [2.45, 2.75) is 149 Å². The monoisotopic (exact) mass is 600 g/mol. The number of methoxy groups -OCH3 is 1. The molecular weight excluding hydrogens is 546 g/mol. The predicted molar refractivity (Wildman–Crippen MR) is 157 cm³/mol. The molecular formula is C29H54N5O8+. The number of esters is 1. The highest BCUT2D eigenvalue weighted by atomic mass is 16.6. The van der Waals surface area contributed by atoms with E-state index in [1.807, 2.05) is 13.8 Å². The summed E-state index contributed by atoms with van der Waals surface area (Å²) in [6.07, 6.45) is 1.16. The Balaban J connectivity index is 3.55. The van der Waals surface area contributed by atoms with Crippen LogP contribution in [0.3, 0.4) is 0 Å². The average Bonchev–Trinajstić information content (AvgIpc) is 3.20. The SMILES string of the molecule is CCCC(C)(OC)C(NC(C)=O)C1NC(C(=O)OC(C)(C)C)CC1[NH+]=CN(NC(=O)OC(C)(C)C)C(=O)OC(C)(C)C. The van der Waals surface area contributed by atoms with E-state index in [2.05, 4.69) is 21.1 Å². The van der Waals surface area contributed by atoms with Crippen molar-refractivity contribution < 1.29 is 43.1 Å². The summed E-state index contributed by atoms with van der Waals surface area (Å²) in [5.74, 6) is -0.726. The van der Waals surface area contributed by atoms with Crippen molar-refractivity contribution in [1.29, 1.82) is 0 Å². The van der Waals surface area contributed by atoms with E-state index < -0.39 is 64.7 Å². The molecule has 0 aromatic rings. The van der Waals surface area contributed by atoms with Gasteiger partial charge in [0, 0.05) is 20.5 Å². The molecule has 13 nitrogen and oxygen atoms in total. The molecule has 0 bridgehead atoms. The maximum atomic E-state index is 13.1. The van der Waals surface area contributed by atoms with E-state index in [9.17, 15) is 19.2 Å². The molecule has 0 aromatic heterocycles. The van der Waals surface area contributed by atoms with Crippen LogP contribution in [0.15, 0.2) is 0 Å². The van der Waals surface area contributed by atoms with Crippen LogP contribution < -0.4 is 21.1 Å². The second kappa shape index (κ2) is 14.5. The Morgan fingerprint density at radius 1 is 0.952 bits per heavy atom. The minimum absolute atomic E-state index is 0.243. The van der Waals surface area contributed by atoms with Crippen LogP contribution in [0, 0.1) is 0 Å². The number of carbonyl (C=O) groups is 4. The molecule has 42 heavy (non-hydrogen) atoms. The molecule has 0 aromatic carbocycles. The maximum absolute atomic E-state index is 13.1. The average molecular weight is 601 g/mol. The largest absolute Gasteiger partial charge is 0.531 e. The Hall–Kier alpha value is -2.93. The number of rotatable bonds is 9. The number of nitrogens with one attached hydrogen (secondary N) is 4. The second-order valence-corrected chi connectivity index (χ2v) is 13.8. The Labute approximate surface area is 250 Å². The van der Waals surface area contributed by atoms with Gasteiger partial charge in [0.2, 0.25) is 5.91 Å². The smallest absolute Gasteiger partial charge is 0.459 e. The zero-order valence-electron chi connectivity index (χ0n) is 27.7. The van der Waals surface area contributed by atoms with Crippen molar-refractivity contribution >= 4 is 30.4 Å². The molecule has 3 amide bonds. The quantitative estimate of drug-likeness (QED) is 0.102. The van der Waals surface area contributed by atoms with E-state index in [0.717, 1.165) is 11.4 Å². The van der Waals surface area contributed by atoms with Crippen molar-refractivity contribution in [2.75, 3.05) is 7.11 Å². The highest BCUT2D eigenvalue weighted by Crippen LogP contribution is 2.28. The number of hydrazine groups is 1. The van der Waals surface area contributed by atoms with Gasteiger partial charge < -0.3 is 24.3 Å². The van der Waals surface area contributed by atoms with Crippen molar-refractivity contribution in [3.8, 4) is 0 Å². The summed E-state index contributed by atoms with van der Waals surface area (Å²) < 4.78 is 22.4. The van der Waals surface area contributed by atoms with E-state index in [1.54, 1.807) is 69.4 Å². The third-order valence-electron chi connectivity index (χ3n) is 6.22. The lowest BCUT2D eigenvalue weighted by Gasteiger charge is -2.41. The Morgan fingerprint density at radius 3 is 1.95 bits per heavy atom. The number of amides is 3. The van der Waals surface area contributed by atoms with Crippen LogP contribution in [0.25, 0.3) is 0 Å². The van der Waals surface area contributed by atoms with Gasteiger partial charge >= 0.3 is 18.2 Å². The molecule has 5 atom stereocenters. The first-order valence-corrected chi connectivity index (χ1v) is 14.4. The molecule has 4 N–H and O–H groups in total. The summed E-state index contributed by atoms with van der Waals surface area (Å²) in [6, 6.07) is -2.41. The summed E-state index contributed by atoms with van der Waals surface area (Å²) in [4.78, 5) is 54.3. The van der Waals surface area contributed by atoms with Crippen LogP contribution in [-0.4, -0.2) is 89.1 Å². The van der Waals surface area contributed by atoms with E-state index in [0.29, 0.717) is 6.42 Å². The number of carbonyl (C=O) groups excluding carboxylic acids is 4. The second-order valence-electron chi connectivity index (χ2n) is 13.8. The topological polar surface area (TPSA) is 158 Å². The van der Waals surface area contributed by atoms with Gasteiger partial charge in [-0.2, -0.15) is 4.79 Å². The third kappa shape index (κ3) is 12.5. The Bertz CT molecular complexity index is 982. The lowest BCUT2D eigenvalue weighted by Crippen LogP contribution is -2.84. The summed E-state index contributed by atoms with van der Waals surface area (Å²) >= 11 is 0. The highest BCUT2D eigenvalue weighted by molar-refractivity contribution is 5.84. The van der Waals surface area contributed by atoms with Gasteiger partial charge in [0.25, 0.3) is 6.34 Å². The van der Waals surface area contributed by atoms with Gasteiger partial charge in [0.1, 0.15) is 28.9 Å². The minimum Gasteiger partial charge on any atom is -0.459 e. The van der Waals surface area contributed by atoms with Crippen LogP contribution in [0.5, 0.6) is 0 Å². The first-order valence-electron chi connectivity index (χ1n) is 14.4. The molecule has 1 aliphatic rings. The van der Waals surface area contributed by atoms with Crippen molar-refractivity contribution in [1.82, 2.24) is 21.1 Å². The molecule has 1 rings (SSSR count). The van der Waals surface area contributed by atoms with E-state index in [1.165, 1.54) is 13.3 Å². The molecule has 0 aliphatic carbocycles. The van der Waals surface area contributed by atoms with Gasteiger partial charge in [-0.25, -0.2) is 4.79 Å². The van der Waals surface area contributed by atoms with Crippen LogP contribution in [0.4, 0.5) is 9.59 Å². The molecule has 1 saturated heterocycles. The lowest BCUT2D eigenvalue weighted by molar-refractivity contribution is -0.505. The fourth-order valence-electron chi connectivity index (χ4n) is 4.59. The van der Waals surface area contributed by atoms with Gasteiger partial charge in [-0.1, -0.05) is 18.4 Å². The molecule has 0 saturated carbocycles. The zero-order chi connectivity index (χ0) is 32.7. The van der Waals surface area contributed by atoms with Gasteiger partial charge in [-0.15, -0.1) is 5.43 Å². The standard InChI is InChI=1S/C29H53N5O8/c1-14-15-29(12,39-13)22(31-18(2)35)21-19(16-20(32-21)23(36)40-26(3,4)5)30-17-34(25(38)42-28(9,10)11)33-24(37)41-27(6,7)8/h17,19-22,32H,14-16H2,1-13H3,(H,31,35)(H,33,37)/p+1. The van der Waals surface area contributed by atoms with Crippen LogP contribution in [-0.2, 0) is 28.5 Å². The van der Waals surface area contributed by atoms with Crippen molar-refractivity contribution in [3.63, 3.8) is 0 Å². The fraction of sp³-hybridized carbons (Fsp3) is 0.828. The lowest BCUT2D eigenvalue weighted by atomic mass is 9.84. The first-order chi connectivity index (χ1) is 19.0. The number of ether oxygens (including phenoxy) is 4. The molecule has 0 spiro atoms. The number of hydrogen-bond acceptors (Lipinski definition) is 9. The number of hydrogen-bond donors (Lipinski definition) is 4. The maximum Gasteiger partial charge on any atom is 0.531 e. The molecule has 242 valence electrons. The normalized spacial score (nSPS) is 21.7. The Morgan fingerprint density at radius 2 is 1.50 bits per heavy atom. The molecule has 5 unspecified atom stereocenters. The number of nitrogens with zero attached hydrogens (tertiary/aromatic N) is 1. The summed E-state index contributed by atoms with van der Waals surface area (Å²) in [7, 11) is 1.58. The van der Waals surface area contributed by atoms with E-state index >= 15 is 0 Å². The minimum atomic E-state index is -0.870. The van der Waals surface area contributed by atoms with Crippen LogP contribution >= 0.6 is 0 Å². The van der Waals surface area contributed by atoms with E-state index in [4.69, 9.17) is 18.9 Å². The zero-order valence-corrected chi connectivity index (χ0v) is 27.7. The van der Waals surface area contributed by atoms with Crippen molar-refractivity contribution in [3.05, 3.63) is 0 Å². The first kappa shape index (κ1) is 37.1. The summed E-state index contributed by atoms with van der Waals surface area (Å²) in [5, 5.41) is 7.19. The third-order valence-corrected chi connectivity index (χ3v) is 6.22. The highest BCUT2D eigenvalue weighted by Gasteiger charge is 2.50. The van der Waals surface area contributed by atoms with Gasteiger partial charge in [-0.3, -0.25) is 19.9 Å². The van der Waals surface area contributed by atoms with Crippen LogP contribution in [0.1, 0.15) is 102 Å². The van der Waals surface area contributed by atoms with Crippen LogP contribution in [0.2, 0.25) is 0 Å². The molecule has 13 heteroatoms. The van der Waals surface area contributed by atoms with Gasteiger partial charge in [-0.05, 0) is 75.7 Å². The van der Waals surface area contributed by atoms with E-state index in [-0.39, 0.29) is 12.3 Å². The summed E-state index contributed by atoms with van der Waals surface area (Å²) in [6.45, 7) is 20.9. The summed E-state index contributed by atoms with van der Waals surface area (Å²) in [5.41, 5.74) is -0.784. The fourth-order valence-corrected chi connectivity index (χ4v) is 4.59. The molecule has 1 fully saturated rings.